The lowest BCUT2D eigenvalue weighted by atomic mass is 9.89. The van der Waals surface area contributed by atoms with Crippen molar-refractivity contribution in [3.8, 4) is 0 Å². The van der Waals surface area contributed by atoms with E-state index in [4.69, 9.17) is 15.5 Å². The second-order valence-corrected chi connectivity index (χ2v) is 7.24. The van der Waals surface area contributed by atoms with E-state index in [1.807, 2.05) is 18.2 Å². The maximum absolute atomic E-state index is 12.4. The SMILES string of the molecule is NC[C@H]1CC[C@@H](C(=O)Nc2ccc3nc(C4CCCCC4)[nH]c3c2)O1. The van der Waals surface area contributed by atoms with Gasteiger partial charge >= 0.3 is 0 Å². The summed E-state index contributed by atoms with van der Waals surface area (Å²) in [5.41, 5.74) is 8.32. The summed E-state index contributed by atoms with van der Waals surface area (Å²) >= 11 is 0. The number of imidazole rings is 1. The molecule has 1 aromatic carbocycles. The predicted octanol–water partition coefficient (Wildman–Crippen LogP) is 3.06. The summed E-state index contributed by atoms with van der Waals surface area (Å²) in [5.74, 6) is 1.53. The largest absolute Gasteiger partial charge is 0.364 e. The first-order valence-corrected chi connectivity index (χ1v) is 9.39. The number of nitrogens with two attached hydrogens (primary N) is 1. The molecule has 0 unspecified atom stereocenters. The maximum Gasteiger partial charge on any atom is 0.253 e. The molecular formula is C19H26N4O2. The van der Waals surface area contributed by atoms with Gasteiger partial charge in [0.15, 0.2) is 0 Å². The highest BCUT2D eigenvalue weighted by atomic mass is 16.5. The summed E-state index contributed by atoms with van der Waals surface area (Å²) in [6.45, 7) is 0.466. The first-order valence-electron chi connectivity index (χ1n) is 9.39. The third kappa shape index (κ3) is 3.55. The Balaban J connectivity index is 1.46. The van der Waals surface area contributed by atoms with Gasteiger partial charge in [0.25, 0.3) is 5.91 Å². The van der Waals surface area contributed by atoms with Crippen LogP contribution >= 0.6 is 0 Å². The zero-order valence-corrected chi connectivity index (χ0v) is 14.5. The molecule has 1 aromatic heterocycles. The molecule has 1 amide bonds. The van der Waals surface area contributed by atoms with Gasteiger partial charge in [0, 0.05) is 18.2 Å². The minimum atomic E-state index is -0.399. The fraction of sp³-hybridized carbons (Fsp3) is 0.579. The number of H-pyrrole nitrogens is 1. The first kappa shape index (κ1) is 16.5. The van der Waals surface area contributed by atoms with Crippen molar-refractivity contribution in [1.29, 1.82) is 0 Å². The van der Waals surface area contributed by atoms with E-state index in [-0.39, 0.29) is 12.0 Å². The molecule has 6 nitrogen and oxygen atoms in total. The van der Waals surface area contributed by atoms with Gasteiger partial charge in [-0.3, -0.25) is 4.79 Å². The molecule has 134 valence electrons. The van der Waals surface area contributed by atoms with Crippen molar-refractivity contribution in [2.24, 2.45) is 5.73 Å². The molecule has 6 heteroatoms. The summed E-state index contributed by atoms with van der Waals surface area (Å²) in [5, 5.41) is 2.96. The molecule has 1 saturated heterocycles. The van der Waals surface area contributed by atoms with Crippen LogP contribution in [0.5, 0.6) is 0 Å². The maximum atomic E-state index is 12.4. The van der Waals surface area contributed by atoms with Gasteiger partial charge in [0.05, 0.1) is 17.1 Å². The van der Waals surface area contributed by atoms with Crippen molar-refractivity contribution in [2.75, 3.05) is 11.9 Å². The van der Waals surface area contributed by atoms with Crippen molar-refractivity contribution < 1.29 is 9.53 Å². The predicted molar refractivity (Wildman–Crippen MR) is 97.5 cm³/mol. The van der Waals surface area contributed by atoms with E-state index < -0.39 is 6.10 Å². The normalized spacial score (nSPS) is 24.7. The van der Waals surface area contributed by atoms with E-state index in [9.17, 15) is 4.79 Å². The van der Waals surface area contributed by atoms with E-state index in [2.05, 4.69) is 10.3 Å². The van der Waals surface area contributed by atoms with E-state index in [0.717, 1.165) is 35.4 Å². The molecular weight excluding hydrogens is 316 g/mol. The quantitative estimate of drug-likeness (QED) is 0.796. The summed E-state index contributed by atoms with van der Waals surface area (Å²) in [6, 6.07) is 5.83. The van der Waals surface area contributed by atoms with Crippen LogP contribution in [-0.4, -0.2) is 34.6 Å². The Morgan fingerprint density at radius 2 is 2.08 bits per heavy atom. The van der Waals surface area contributed by atoms with Crippen LogP contribution in [0.15, 0.2) is 18.2 Å². The highest BCUT2D eigenvalue weighted by Crippen LogP contribution is 2.32. The molecule has 4 N–H and O–H groups in total. The molecule has 4 rings (SSSR count). The summed E-state index contributed by atoms with van der Waals surface area (Å²) < 4.78 is 5.66. The molecule has 2 aromatic rings. The van der Waals surface area contributed by atoms with Crippen molar-refractivity contribution in [3.63, 3.8) is 0 Å². The minimum absolute atomic E-state index is 0.00360. The lowest BCUT2D eigenvalue weighted by molar-refractivity contribution is -0.126. The third-order valence-corrected chi connectivity index (χ3v) is 5.42. The lowest BCUT2D eigenvalue weighted by Crippen LogP contribution is -2.29. The number of aromatic nitrogens is 2. The van der Waals surface area contributed by atoms with E-state index in [1.54, 1.807) is 0 Å². The Kier molecular flexibility index (Phi) is 4.72. The number of hydrogen-bond acceptors (Lipinski definition) is 4. The average molecular weight is 342 g/mol. The molecule has 2 heterocycles. The van der Waals surface area contributed by atoms with Crippen LogP contribution in [0.4, 0.5) is 5.69 Å². The fourth-order valence-corrected chi connectivity index (χ4v) is 3.97. The number of hydrogen-bond donors (Lipinski definition) is 3. The van der Waals surface area contributed by atoms with E-state index in [0.29, 0.717) is 12.5 Å². The van der Waals surface area contributed by atoms with Crippen LogP contribution in [0.3, 0.4) is 0 Å². The second kappa shape index (κ2) is 7.14. The molecule has 0 spiro atoms. The number of anilines is 1. The zero-order chi connectivity index (χ0) is 17.2. The third-order valence-electron chi connectivity index (χ3n) is 5.42. The Morgan fingerprint density at radius 3 is 2.84 bits per heavy atom. The van der Waals surface area contributed by atoms with Gasteiger partial charge in [-0.15, -0.1) is 0 Å². The Hall–Kier alpha value is -1.92. The number of benzene rings is 1. The number of nitrogens with one attached hydrogen (secondary N) is 2. The highest BCUT2D eigenvalue weighted by molar-refractivity contribution is 5.96. The van der Waals surface area contributed by atoms with Crippen molar-refractivity contribution in [3.05, 3.63) is 24.0 Å². The van der Waals surface area contributed by atoms with Crippen molar-refractivity contribution >= 4 is 22.6 Å². The molecule has 2 fully saturated rings. The average Bonchev–Trinajstić information content (AvgIpc) is 3.29. The van der Waals surface area contributed by atoms with Crippen LogP contribution in [0, 0.1) is 0 Å². The molecule has 2 atom stereocenters. The number of nitrogens with zero attached hydrogens (tertiary/aromatic N) is 1. The van der Waals surface area contributed by atoms with Crippen LogP contribution in [0.2, 0.25) is 0 Å². The zero-order valence-electron chi connectivity index (χ0n) is 14.5. The van der Waals surface area contributed by atoms with Gasteiger partial charge in [-0.25, -0.2) is 4.98 Å². The molecule has 0 radical (unpaired) electrons. The summed E-state index contributed by atoms with van der Waals surface area (Å²) in [4.78, 5) is 20.6. The van der Waals surface area contributed by atoms with Gasteiger partial charge in [-0.1, -0.05) is 19.3 Å². The number of rotatable bonds is 4. The number of amides is 1. The summed E-state index contributed by atoms with van der Waals surface area (Å²) in [6.07, 6.45) is 7.51. The molecule has 1 aliphatic heterocycles. The van der Waals surface area contributed by atoms with Gasteiger partial charge < -0.3 is 20.8 Å². The number of carbonyl (C=O) groups is 1. The number of fused-ring (bicyclic) bond motifs is 1. The van der Waals surface area contributed by atoms with Crippen molar-refractivity contribution in [1.82, 2.24) is 9.97 Å². The molecule has 25 heavy (non-hydrogen) atoms. The Bertz CT molecular complexity index is 751. The number of aromatic amines is 1. The molecule has 2 aliphatic rings. The minimum Gasteiger partial charge on any atom is -0.364 e. The van der Waals surface area contributed by atoms with Gasteiger partial charge in [0.1, 0.15) is 11.9 Å². The topological polar surface area (TPSA) is 93.0 Å². The first-order chi connectivity index (χ1) is 12.2. The van der Waals surface area contributed by atoms with Gasteiger partial charge in [-0.05, 0) is 43.9 Å². The standard InChI is InChI=1S/C19H26N4O2/c20-11-14-7-9-17(25-14)19(24)21-13-6-8-15-16(10-13)23-18(22-15)12-4-2-1-3-5-12/h6,8,10,12,14,17H,1-5,7,9,11,20H2,(H,21,24)(H,22,23)/t14-,17+/m1/s1. The van der Waals surface area contributed by atoms with Crippen LogP contribution in [-0.2, 0) is 9.53 Å². The monoisotopic (exact) mass is 342 g/mol. The highest BCUT2D eigenvalue weighted by Gasteiger charge is 2.30. The summed E-state index contributed by atoms with van der Waals surface area (Å²) in [7, 11) is 0. The van der Waals surface area contributed by atoms with Crippen molar-refractivity contribution in [2.45, 2.75) is 63.1 Å². The number of ether oxygens (including phenoxy) is 1. The van der Waals surface area contributed by atoms with Crippen LogP contribution in [0.1, 0.15) is 56.7 Å². The molecule has 1 aliphatic carbocycles. The van der Waals surface area contributed by atoms with E-state index in [1.165, 1.54) is 32.1 Å². The van der Waals surface area contributed by atoms with Crippen LogP contribution < -0.4 is 11.1 Å². The van der Waals surface area contributed by atoms with Gasteiger partial charge in [-0.2, -0.15) is 0 Å². The fourth-order valence-electron chi connectivity index (χ4n) is 3.97. The second-order valence-electron chi connectivity index (χ2n) is 7.24. The molecule has 1 saturated carbocycles. The van der Waals surface area contributed by atoms with E-state index >= 15 is 0 Å². The number of carbonyl (C=O) groups excluding carboxylic acids is 1. The van der Waals surface area contributed by atoms with Crippen LogP contribution in [0.25, 0.3) is 11.0 Å². The lowest BCUT2D eigenvalue weighted by Gasteiger charge is -2.18. The van der Waals surface area contributed by atoms with Gasteiger partial charge in [0.2, 0.25) is 0 Å². The molecule has 0 bridgehead atoms. The smallest absolute Gasteiger partial charge is 0.253 e. The Morgan fingerprint density at radius 1 is 1.24 bits per heavy atom. The Labute approximate surface area is 147 Å².